The van der Waals surface area contributed by atoms with Gasteiger partial charge in [-0.3, -0.25) is 4.79 Å². The van der Waals surface area contributed by atoms with Crippen LogP contribution in [-0.4, -0.2) is 4.98 Å². The van der Waals surface area contributed by atoms with Gasteiger partial charge in [0.25, 0.3) is 0 Å². The standard InChI is InChI=1S/C13H14BrNO/c1-4-10-8(3)13(16)9-6-5-7(2)11(14)12(9)15-10/h5-6H,4H2,1-3H3,(H,15,16). The summed E-state index contributed by atoms with van der Waals surface area (Å²) in [7, 11) is 0. The van der Waals surface area contributed by atoms with Crippen LogP contribution in [0, 0.1) is 13.8 Å². The van der Waals surface area contributed by atoms with Gasteiger partial charge in [0.15, 0.2) is 5.43 Å². The van der Waals surface area contributed by atoms with Gasteiger partial charge in [-0.2, -0.15) is 0 Å². The first-order valence-corrected chi connectivity index (χ1v) is 6.16. The Bertz CT molecular complexity index is 613. The Balaban J connectivity index is 2.99. The van der Waals surface area contributed by atoms with E-state index in [0.717, 1.165) is 38.6 Å². The van der Waals surface area contributed by atoms with E-state index in [2.05, 4.69) is 20.9 Å². The van der Waals surface area contributed by atoms with Crippen LogP contribution in [0.15, 0.2) is 21.4 Å². The minimum absolute atomic E-state index is 0.131. The summed E-state index contributed by atoms with van der Waals surface area (Å²) in [5.41, 5.74) is 4.02. The fourth-order valence-electron chi connectivity index (χ4n) is 1.93. The third-order valence-electron chi connectivity index (χ3n) is 3.00. The number of hydrogen-bond donors (Lipinski definition) is 1. The molecular weight excluding hydrogens is 266 g/mol. The minimum atomic E-state index is 0.131. The lowest BCUT2D eigenvalue weighted by Crippen LogP contribution is -2.11. The van der Waals surface area contributed by atoms with E-state index in [1.54, 1.807) is 0 Å². The molecule has 0 aliphatic carbocycles. The molecule has 0 fully saturated rings. The van der Waals surface area contributed by atoms with Gasteiger partial charge in [0.05, 0.1) is 5.52 Å². The number of hydrogen-bond acceptors (Lipinski definition) is 1. The molecule has 0 saturated carbocycles. The number of nitrogens with one attached hydrogen (secondary N) is 1. The van der Waals surface area contributed by atoms with Crippen molar-refractivity contribution < 1.29 is 0 Å². The third kappa shape index (κ3) is 1.59. The zero-order chi connectivity index (χ0) is 11.9. The van der Waals surface area contributed by atoms with Crippen LogP contribution in [-0.2, 0) is 6.42 Å². The highest BCUT2D eigenvalue weighted by atomic mass is 79.9. The lowest BCUT2D eigenvalue weighted by atomic mass is 10.1. The zero-order valence-electron chi connectivity index (χ0n) is 9.65. The van der Waals surface area contributed by atoms with Crippen LogP contribution in [0.5, 0.6) is 0 Å². The van der Waals surface area contributed by atoms with E-state index in [4.69, 9.17) is 0 Å². The summed E-state index contributed by atoms with van der Waals surface area (Å²) >= 11 is 3.53. The Morgan fingerprint density at radius 3 is 2.62 bits per heavy atom. The summed E-state index contributed by atoms with van der Waals surface area (Å²) in [6.45, 7) is 5.95. The molecule has 1 aromatic heterocycles. The van der Waals surface area contributed by atoms with Crippen LogP contribution in [0.3, 0.4) is 0 Å². The van der Waals surface area contributed by atoms with Crippen LogP contribution in [0.1, 0.15) is 23.7 Å². The molecule has 2 nitrogen and oxygen atoms in total. The highest BCUT2D eigenvalue weighted by Crippen LogP contribution is 2.24. The van der Waals surface area contributed by atoms with Gasteiger partial charge in [0.1, 0.15) is 0 Å². The zero-order valence-corrected chi connectivity index (χ0v) is 11.2. The second-order valence-corrected chi connectivity index (χ2v) is 4.82. The number of benzene rings is 1. The molecule has 0 saturated heterocycles. The molecule has 0 atom stereocenters. The van der Waals surface area contributed by atoms with Gasteiger partial charge in [0, 0.05) is 21.1 Å². The normalized spacial score (nSPS) is 11.0. The fraction of sp³-hybridized carbons (Fsp3) is 0.308. The molecule has 2 aromatic rings. The number of aryl methyl sites for hydroxylation is 2. The molecule has 2 rings (SSSR count). The van der Waals surface area contributed by atoms with E-state index in [-0.39, 0.29) is 5.43 Å². The molecule has 0 aliphatic rings. The van der Waals surface area contributed by atoms with Gasteiger partial charge < -0.3 is 4.98 Å². The Kier molecular flexibility index (Phi) is 2.89. The summed E-state index contributed by atoms with van der Waals surface area (Å²) in [5.74, 6) is 0. The summed E-state index contributed by atoms with van der Waals surface area (Å²) < 4.78 is 0.983. The molecule has 0 bridgehead atoms. The van der Waals surface area contributed by atoms with Crippen LogP contribution in [0.2, 0.25) is 0 Å². The molecule has 1 heterocycles. The van der Waals surface area contributed by atoms with Crippen LogP contribution >= 0.6 is 15.9 Å². The number of rotatable bonds is 1. The highest BCUT2D eigenvalue weighted by Gasteiger charge is 2.10. The highest BCUT2D eigenvalue weighted by molar-refractivity contribution is 9.10. The van der Waals surface area contributed by atoms with E-state index < -0.39 is 0 Å². The topological polar surface area (TPSA) is 32.9 Å². The van der Waals surface area contributed by atoms with E-state index >= 15 is 0 Å². The number of pyridine rings is 1. The van der Waals surface area contributed by atoms with Crippen LogP contribution in [0.4, 0.5) is 0 Å². The summed E-state index contributed by atoms with van der Waals surface area (Å²) in [6.07, 6.45) is 0.845. The van der Waals surface area contributed by atoms with Crippen molar-refractivity contribution in [2.45, 2.75) is 27.2 Å². The molecule has 16 heavy (non-hydrogen) atoms. The van der Waals surface area contributed by atoms with Gasteiger partial charge in [-0.25, -0.2) is 0 Å². The van der Waals surface area contributed by atoms with Crippen molar-refractivity contribution in [3.05, 3.63) is 43.6 Å². The van der Waals surface area contributed by atoms with E-state index in [0.29, 0.717) is 0 Å². The van der Waals surface area contributed by atoms with Gasteiger partial charge in [-0.15, -0.1) is 0 Å². The molecule has 84 valence electrons. The van der Waals surface area contributed by atoms with Crippen molar-refractivity contribution in [1.29, 1.82) is 0 Å². The van der Waals surface area contributed by atoms with Crippen molar-refractivity contribution >= 4 is 26.8 Å². The maximum absolute atomic E-state index is 12.1. The van der Waals surface area contributed by atoms with Gasteiger partial charge in [-0.1, -0.05) is 13.0 Å². The Hall–Kier alpha value is -1.09. The SMILES string of the molecule is CCc1[nH]c2c(Br)c(C)ccc2c(=O)c1C. The second kappa shape index (κ2) is 4.06. The van der Waals surface area contributed by atoms with E-state index in [1.165, 1.54) is 0 Å². The Morgan fingerprint density at radius 1 is 1.31 bits per heavy atom. The molecule has 3 heteroatoms. The first-order chi connectivity index (χ1) is 7.56. The van der Waals surface area contributed by atoms with Crippen molar-refractivity contribution in [2.75, 3.05) is 0 Å². The average molecular weight is 280 g/mol. The van der Waals surface area contributed by atoms with E-state index in [1.807, 2.05) is 32.9 Å². The quantitative estimate of drug-likeness (QED) is 0.852. The first kappa shape index (κ1) is 11.4. The predicted molar refractivity (Wildman–Crippen MR) is 71.1 cm³/mol. The summed E-state index contributed by atoms with van der Waals surface area (Å²) in [4.78, 5) is 15.5. The fourth-order valence-corrected chi connectivity index (χ4v) is 2.37. The van der Waals surface area contributed by atoms with Crippen LogP contribution in [0.25, 0.3) is 10.9 Å². The molecule has 1 N–H and O–H groups in total. The number of halogens is 1. The Morgan fingerprint density at radius 2 is 2.00 bits per heavy atom. The molecule has 0 radical (unpaired) electrons. The number of aromatic amines is 1. The molecule has 0 aliphatic heterocycles. The van der Waals surface area contributed by atoms with Gasteiger partial charge in [0.2, 0.25) is 0 Å². The van der Waals surface area contributed by atoms with Crippen molar-refractivity contribution in [2.24, 2.45) is 0 Å². The van der Waals surface area contributed by atoms with Gasteiger partial charge >= 0.3 is 0 Å². The summed E-state index contributed by atoms with van der Waals surface area (Å²) in [5, 5.41) is 0.757. The van der Waals surface area contributed by atoms with Crippen LogP contribution < -0.4 is 5.43 Å². The van der Waals surface area contributed by atoms with Crippen molar-refractivity contribution in [1.82, 2.24) is 4.98 Å². The maximum atomic E-state index is 12.1. The molecular formula is C13H14BrNO. The predicted octanol–water partition coefficient (Wildman–Crippen LogP) is 3.47. The number of fused-ring (bicyclic) bond motifs is 1. The molecule has 0 spiro atoms. The summed E-state index contributed by atoms with van der Waals surface area (Å²) in [6, 6.07) is 3.85. The third-order valence-corrected chi connectivity index (χ3v) is 4.02. The second-order valence-electron chi connectivity index (χ2n) is 4.03. The monoisotopic (exact) mass is 279 g/mol. The number of aromatic nitrogens is 1. The van der Waals surface area contributed by atoms with Crippen molar-refractivity contribution in [3.63, 3.8) is 0 Å². The number of H-pyrrole nitrogens is 1. The first-order valence-electron chi connectivity index (χ1n) is 5.36. The minimum Gasteiger partial charge on any atom is -0.357 e. The lowest BCUT2D eigenvalue weighted by molar-refractivity contribution is 1.02. The van der Waals surface area contributed by atoms with Gasteiger partial charge in [-0.05, 0) is 47.8 Å². The average Bonchev–Trinajstić information content (AvgIpc) is 2.28. The largest absolute Gasteiger partial charge is 0.357 e. The van der Waals surface area contributed by atoms with E-state index in [9.17, 15) is 4.79 Å². The maximum Gasteiger partial charge on any atom is 0.192 e. The van der Waals surface area contributed by atoms with Crippen molar-refractivity contribution in [3.8, 4) is 0 Å². The smallest absolute Gasteiger partial charge is 0.192 e. The molecule has 0 unspecified atom stereocenters. The lowest BCUT2D eigenvalue weighted by Gasteiger charge is -2.09. The molecule has 0 amide bonds. The molecule has 1 aromatic carbocycles. The Labute approximate surface area is 103 Å².